The molecule has 1 aliphatic carbocycles. The molecule has 0 aliphatic heterocycles. The van der Waals surface area contributed by atoms with E-state index in [0.717, 1.165) is 19.4 Å². The standard InChI is InChI=1S/C13H22N4O/c1-2-17(13(18)11-8-15-9-16-11)12-6-4-3-5-10(12)7-14/h8-10,12H,2-7,14H2,1H3,(H,15,16). The molecule has 1 fully saturated rings. The number of H-pyrrole nitrogens is 1. The van der Waals surface area contributed by atoms with Gasteiger partial charge in [0.1, 0.15) is 5.69 Å². The maximum absolute atomic E-state index is 12.4. The maximum Gasteiger partial charge on any atom is 0.272 e. The van der Waals surface area contributed by atoms with Crippen molar-refractivity contribution in [2.24, 2.45) is 11.7 Å². The summed E-state index contributed by atoms with van der Waals surface area (Å²) in [6, 6.07) is 0.282. The van der Waals surface area contributed by atoms with Crippen LogP contribution in [0.15, 0.2) is 12.5 Å². The molecule has 100 valence electrons. The van der Waals surface area contributed by atoms with Crippen molar-refractivity contribution >= 4 is 5.91 Å². The van der Waals surface area contributed by atoms with Gasteiger partial charge in [-0.2, -0.15) is 0 Å². The van der Waals surface area contributed by atoms with Gasteiger partial charge in [-0.15, -0.1) is 0 Å². The number of amides is 1. The summed E-state index contributed by atoms with van der Waals surface area (Å²) in [4.78, 5) is 21.2. The molecule has 0 aromatic carbocycles. The normalized spacial score (nSPS) is 23.9. The highest BCUT2D eigenvalue weighted by Crippen LogP contribution is 2.28. The van der Waals surface area contributed by atoms with Crippen LogP contribution in [0.4, 0.5) is 0 Å². The minimum atomic E-state index is 0.0420. The van der Waals surface area contributed by atoms with Gasteiger partial charge in [0.25, 0.3) is 5.91 Å². The number of aromatic nitrogens is 2. The average Bonchev–Trinajstić information content (AvgIpc) is 2.94. The molecular formula is C13H22N4O. The second kappa shape index (κ2) is 6.00. The quantitative estimate of drug-likeness (QED) is 0.848. The predicted molar refractivity (Wildman–Crippen MR) is 70.1 cm³/mol. The summed E-state index contributed by atoms with van der Waals surface area (Å²) in [6.07, 6.45) is 7.75. The monoisotopic (exact) mass is 250 g/mol. The van der Waals surface area contributed by atoms with Crippen LogP contribution in [0.5, 0.6) is 0 Å². The molecule has 0 saturated heterocycles. The third kappa shape index (κ3) is 2.56. The van der Waals surface area contributed by atoms with E-state index in [1.807, 2.05) is 11.8 Å². The van der Waals surface area contributed by atoms with Crippen molar-refractivity contribution in [3.05, 3.63) is 18.2 Å². The van der Waals surface area contributed by atoms with Crippen molar-refractivity contribution in [2.45, 2.75) is 38.6 Å². The van der Waals surface area contributed by atoms with Gasteiger partial charge in [-0.1, -0.05) is 12.8 Å². The number of nitrogens with two attached hydrogens (primary N) is 1. The van der Waals surface area contributed by atoms with Crippen LogP contribution in [0, 0.1) is 5.92 Å². The predicted octanol–water partition coefficient (Wildman–Crippen LogP) is 1.39. The van der Waals surface area contributed by atoms with Gasteiger partial charge in [0, 0.05) is 12.6 Å². The van der Waals surface area contributed by atoms with Crippen LogP contribution in [-0.4, -0.2) is 39.9 Å². The first-order valence-electron chi connectivity index (χ1n) is 6.77. The molecule has 2 atom stereocenters. The van der Waals surface area contributed by atoms with E-state index in [9.17, 15) is 4.79 Å². The highest BCUT2D eigenvalue weighted by molar-refractivity contribution is 5.92. The van der Waals surface area contributed by atoms with Crippen molar-refractivity contribution in [1.82, 2.24) is 14.9 Å². The van der Waals surface area contributed by atoms with E-state index in [1.54, 1.807) is 12.5 Å². The lowest BCUT2D eigenvalue weighted by atomic mass is 9.83. The van der Waals surface area contributed by atoms with Crippen LogP contribution in [0.3, 0.4) is 0 Å². The molecule has 1 heterocycles. The Kier molecular flexibility index (Phi) is 4.36. The van der Waals surface area contributed by atoms with Crippen molar-refractivity contribution < 1.29 is 4.79 Å². The SMILES string of the molecule is CCN(C(=O)c1cnc[nH]1)C1CCCCC1CN. The van der Waals surface area contributed by atoms with Crippen LogP contribution in [0.25, 0.3) is 0 Å². The lowest BCUT2D eigenvalue weighted by Crippen LogP contribution is -2.48. The number of rotatable bonds is 4. The summed E-state index contributed by atoms with van der Waals surface area (Å²) >= 11 is 0. The lowest BCUT2D eigenvalue weighted by molar-refractivity contribution is 0.0555. The van der Waals surface area contributed by atoms with Gasteiger partial charge in [0.2, 0.25) is 0 Å². The Balaban J connectivity index is 2.14. The number of aromatic amines is 1. The highest BCUT2D eigenvalue weighted by atomic mass is 16.2. The Hall–Kier alpha value is -1.36. The molecule has 0 radical (unpaired) electrons. The van der Waals surface area contributed by atoms with E-state index in [1.165, 1.54) is 12.8 Å². The van der Waals surface area contributed by atoms with E-state index in [-0.39, 0.29) is 11.9 Å². The number of imidazole rings is 1. The molecule has 5 nitrogen and oxygen atoms in total. The van der Waals surface area contributed by atoms with Crippen LogP contribution in [-0.2, 0) is 0 Å². The molecular weight excluding hydrogens is 228 g/mol. The fourth-order valence-electron chi connectivity index (χ4n) is 2.93. The molecule has 1 aromatic rings. The van der Waals surface area contributed by atoms with Crippen LogP contribution < -0.4 is 5.73 Å². The van der Waals surface area contributed by atoms with Gasteiger partial charge in [-0.05, 0) is 32.2 Å². The van der Waals surface area contributed by atoms with Crippen LogP contribution >= 0.6 is 0 Å². The Morgan fingerprint density at radius 3 is 2.94 bits per heavy atom. The highest BCUT2D eigenvalue weighted by Gasteiger charge is 2.32. The van der Waals surface area contributed by atoms with Gasteiger partial charge in [-0.3, -0.25) is 4.79 Å². The van der Waals surface area contributed by atoms with Crippen molar-refractivity contribution in [3.8, 4) is 0 Å². The molecule has 1 amide bonds. The first-order valence-corrected chi connectivity index (χ1v) is 6.77. The molecule has 3 N–H and O–H groups in total. The Morgan fingerprint density at radius 1 is 1.56 bits per heavy atom. The fourth-order valence-corrected chi connectivity index (χ4v) is 2.93. The summed E-state index contributed by atoms with van der Waals surface area (Å²) in [7, 11) is 0. The van der Waals surface area contributed by atoms with Gasteiger partial charge in [-0.25, -0.2) is 4.98 Å². The summed E-state index contributed by atoms with van der Waals surface area (Å²) in [5.41, 5.74) is 6.41. The molecule has 1 aliphatic rings. The smallest absolute Gasteiger partial charge is 0.272 e. The van der Waals surface area contributed by atoms with E-state index in [2.05, 4.69) is 9.97 Å². The number of nitrogens with one attached hydrogen (secondary N) is 1. The number of hydrogen-bond acceptors (Lipinski definition) is 3. The molecule has 18 heavy (non-hydrogen) atoms. The second-order valence-electron chi connectivity index (χ2n) is 4.90. The van der Waals surface area contributed by atoms with Crippen molar-refractivity contribution in [2.75, 3.05) is 13.1 Å². The molecule has 2 unspecified atom stereocenters. The zero-order chi connectivity index (χ0) is 13.0. The molecule has 0 bridgehead atoms. The fraction of sp³-hybridized carbons (Fsp3) is 0.692. The maximum atomic E-state index is 12.4. The minimum Gasteiger partial charge on any atom is -0.341 e. The lowest BCUT2D eigenvalue weighted by Gasteiger charge is -2.39. The molecule has 1 aromatic heterocycles. The molecule has 5 heteroatoms. The van der Waals surface area contributed by atoms with Gasteiger partial charge in [0.05, 0.1) is 12.5 Å². The van der Waals surface area contributed by atoms with Gasteiger partial charge in [0.15, 0.2) is 0 Å². The Labute approximate surface area is 108 Å². The zero-order valence-electron chi connectivity index (χ0n) is 10.9. The van der Waals surface area contributed by atoms with E-state index >= 15 is 0 Å². The number of hydrogen-bond donors (Lipinski definition) is 2. The van der Waals surface area contributed by atoms with Crippen molar-refractivity contribution in [3.63, 3.8) is 0 Å². The third-order valence-electron chi connectivity index (χ3n) is 3.90. The summed E-state index contributed by atoms with van der Waals surface area (Å²) in [5, 5.41) is 0. The summed E-state index contributed by atoms with van der Waals surface area (Å²) in [6.45, 7) is 3.41. The van der Waals surface area contributed by atoms with Gasteiger partial charge >= 0.3 is 0 Å². The minimum absolute atomic E-state index is 0.0420. The Morgan fingerprint density at radius 2 is 2.33 bits per heavy atom. The van der Waals surface area contributed by atoms with Crippen LogP contribution in [0.2, 0.25) is 0 Å². The number of nitrogens with zero attached hydrogens (tertiary/aromatic N) is 2. The Bertz CT molecular complexity index is 376. The van der Waals surface area contributed by atoms with Crippen LogP contribution in [0.1, 0.15) is 43.1 Å². The molecule has 1 saturated carbocycles. The summed E-state index contributed by atoms with van der Waals surface area (Å²) < 4.78 is 0. The van der Waals surface area contributed by atoms with E-state index < -0.39 is 0 Å². The zero-order valence-corrected chi connectivity index (χ0v) is 10.9. The number of carbonyl (C=O) groups is 1. The van der Waals surface area contributed by atoms with E-state index in [0.29, 0.717) is 18.2 Å². The van der Waals surface area contributed by atoms with Crippen molar-refractivity contribution in [1.29, 1.82) is 0 Å². The topological polar surface area (TPSA) is 75.0 Å². The van der Waals surface area contributed by atoms with Gasteiger partial charge < -0.3 is 15.6 Å². The summed E-state index contributed by atoms with van der Waals surface area (Å²) in [5.74, 6) is 0.478. The molecule has 0 spiro atoms. The third-order valence-corrected chi connectivity index (χ3v) is 3.90. The first-order chi connectivity index (χ1) is 8.77. The molecule has 2 rings (SSSR count). The number of carbonyl (C=O) groups excluding carboxylic acids is 1. The second-order valence-corrected chi connectivity index (χ2v) is 4.90. The average molecular weight is 250 g/mol. The van der Waals surface area contributed by atoms with E-state index in [4.69, 9.17) is 5.73 Å². The largest absolute Gasteiger partial charge is 0.341 e. The first kappa shape index (κ1) is 13.1.